The molecule has 1 N–H and O–H groups in total. The van der Waals surface area contributed by atoms with Gasteiger partial charge in [-0.15, -0.1) is 0 Å². The molecule has 0 aliphatic carbocycles. The first kappa shape index (κ1) is 20.7. The third-order valence-corrected chi connectivity index (χ3v) is 5.94. The molecule has 156 valence electrons. The van der Waals surface area contributed by atoms with Crippen molar-refractivity contribution in [3.63, 3.8) is 0 Å². The number of nitrogens with zero attached hydrogens (tertiary/aromatic N) is 5. The fourth-order valence-electron chi connectivity index (χ4n) is 4.46. The molecule has 3 rings (SSSR count). The maximum atomic E-state index is 12.7. The zero-order chi connectivity index (χ0) is 20.1. The van der Waals surface area contributed by atoms with Crippen LogP contribution in [0.5, 0.6) is 0 Å². The molecule has 1 aromatic heterocycles. The van der Waals surface area contributed by atoms with E-state index < -0.39 is 0 Å². The van der Waals surface area contributed by atoms with Gasteiger partial charge >= 0.3 is 0 Å². The SMILES string of the molecule is CN=C(NCc1cccn1C)N1CCN(CC(=O)N2CC(C)CC(C)C2)CC1. The van der Waals surface area contributed by atoms with E-state index >= 15 is 0 Å². The highest BCUT2D eigenvalue weighted by atomic mass is 16.2. The molecule has 2 saturated heterocycles. The van der Waals surface area contributed by atoms with E-state index in [0.717, 1.165) is 51.8 Å². The zero-order valence-corrected chi connectivity index (χ0v) is 17.9. The number of aromatic nitrogens is 1. The number of piperidine rings is 1. The van der Waals surface area contributed by atoms with Crippen molar-refractivity contribution in [3.05, 3.63) is 24.0 Å². The predicted molar refractivity (Wildman–Crippen MR) is 113 cm³/mol. The number of amides is 1. The van der Waals surface area contributed by atoms with Crippen LogP contribution in [0.25, 0.3) is 0 Å². The van der Waals surface area contributed by atoms with Gasteiger partial charge in [0.1, 0.15) is 0 Å². The van der Waals surface area contributed by atoms with E-state index in [1.54, 1.807) is 0 Å². The highest BCUT2D eigenvalue weighted by Gasteiger charge is 2.28. The van der Waals surface area contributed by atoms with Crippen LogP contribution in [0.15, 0.2) is 23.3 Å². The first-order valence-corrected chi connectivity index (χ1v) is 10.5. The van der Waals surface area contributed by atoms with Crippen molar-refractivity contribution < 1.29 is 4.79 Å². The minimum Gasteiger partial charge on any atom is -0.353 e. The molecule has 0 radical (unpaired) electrons. The molecule has 2 aliphatic rings. The first-order valence-electron chi connectivity index (χ1n) is 10.5. The van der Waals surface area contributed by atoms with Gasteiger partial charge in [0, 0.05) is 65.3 Å². The number of likely N-dealkylation sites (tertiary alicyclic amines) is 1. The fourth-order valence-corrected chi connectivity index (χ4v) is 4.46. The maximum absolute atomic E-state index is 12.7. The summed E-state index contributed by atoms with van der Waals surface area (Å²) in [7, 11) is 3.89. The molecule has 7 nitrogen and oxygen atoms in total. The quantitative estimate of drug-likeness (QED) is 0.623. The summed E-state index contributed by atoms with van der Waals surface area (Å²) in [6, 6.07) is 4.17. The Morgan fingerprint density at radius 2 is 1.82 bits per heavy atom. The van der Waals surface area contributed by atoms with Gasteiger partial charge in [-0.05, 0) is 30.4 Å². The highest BCUT2D eigenvalue weighted by molar-refractivity contribution is 5.80. The van der Waals surface area contributed by atoms with Crippen LogP contribution in [0.2, 0.25) is 0 Å². The Balaban J connectivity index is 1.44. The molecule has 28 heavy (non-hydrogen) atoms. The number of aliphatic imine (C=N–C) groups is 1. The number of rotatable bonds is 4. The molecule has 0 spiro atoms. The van der Waals surface area contributed by atoms with Gasteiger partial charge in [-0.25, -0.2) is 0 Å². The Morgan fingerprint density at radius 3 is 2.39 bits per heavy atom. The standard InChI is InChI=1S/C21H36N6O/c1-17-12-18(2)15-27(14-17)20(28)16-25-8-10-26(11-9-25)21(22-3)23-13-19-6-5-7-24(19)4/h5-7,17-18H,8-16H2,1-4H3,(H,22,23). The summed E-state index contributed by atoms with van der Waals surface area (Å²) in [5, 5.41) is 3.46. The molecule has 2 unspecified atom stereocenters. The monoisotopic (exact) mass is 388 g/mol. The normalized spacial score (nSPS) is 24.5. The van der Waals surface area contributed by atoms with Crippen LogP contribution >= 0.6 is 0 Å². The number of carbonyl (C=O) groups is 1. The number of nitrogens with one attached hydrogen (secondary N) is 1. The molecule has 1 amide bonds. The Bertz CT molecular complexity index is 666. The van der Waals surface area contributed by atoms with Crippen molar-refractivity contribution in [2.24, 2.45) is 23.9 Å². The first-order chi connectivity index (χ1) is 13.5. The van der Waals surface area contributed by atoms with E-state index in [2.05, 4.69) is 68.8 Å². The number of hydrogen-bond donors (Lipinski definition) is 1. The second-order valence-corrected chi connectivity index (χ2v) is 8.52. The molecule has 2 aliphatic heterocycles. The molecule has 0 bridgehead atoms. The molecule has 0 saturated carbocycles. The van der Waals surface area contributed by atoms with Gasteiger partial charge in [0.25, 0.3) is 0 Å². The van der Waals surface area contributed by atoms with Crippen LogP contribution in [0.3, 0.4) is 0 Å². The lowest BCUT2D eigenvalue weighted by atomic mass is 9.92. The van der Waals surface area contributed by atoms with E-state index in [-0.39, 0.29) is 5.91 Å². The summed E-state index contributed by atoms with van der Waals surface area (Å²) in [6.45, 7) is 11.2. The second kappa shape index (κ2) is 9.45. The van der Waals surface area contributed by atoms with Crippen LogP contribution in [-0.4, -0.2) is 84.0 Å². The summed E-state index contributed by atoms with van der Waals surface area (Å²) in [5.41, 5.74) is 1.23. The molecule has 3 heterocycles. The average Bonchev–Trinajstić information content (AvgIpc) is 3.07. The van der Waals surface area contributed by atoms with Gasteiger partial charge in [0.05, 0.1) is 13.1 Å². The van der Waals surface area contributed by atoms with E-state index in [1.165, 1.54) is 12.1 Å². The fraction of sp³-hybridized carbons (Fsp3) is 0.714. The molecular formula is C21H36N6O. The van der Waals surface area contributed by atoms with Gasteiger partial charge in [-0.3, -0.25) is 14.7 Å². The van der Waals surface area contributed by atoms with Crippen molar-refractivity contribution in [3.8, 4) is 0 Å². The van der Waals surface area contributed by atoms with Gasteiger partial charge in [0.2, 0.25) is 5.91 Å². The smallest absolute Gasteiger partial charge is 0.236 e. The molecule has 1 aromatic rings. The molecular weight excluding hydrogens is 352 g/mol. The van der Waals surface area contributed by atoms with Gasteiger partial charge < -0.3 is 19.7 Å². The summed E-state index contributed by atoms with van der Waals surface area (Å²) in [5.74, 6) is 2.45. The van der Waals surface area contributed by atoms with E-state index in [9.17, 15) is 4.79 Å². The second-order valence-electron chi connectivity index (χ2n) is 8.52. The van der Waals surface area contributed by atoms with E-state index in [4.69, 9.17) is 0 Å². The van der Waals surface area contributed by atoms with Crippen LogP contribution in [0, 0.1) is 11.8 Å². The van der Waals surface area contributed by atoms with Crippen molar-refractivity contribution in [1.82, 2.24) is 24.6 Å². The summed E-state index contributed by atoms with van der Waals surface area (Å²) >= 11 is 0. The lowest BCUT2D eigenvalue weighted by molar-refractivity contribution is -0.135. The molecule has 2 atom stereocenters. The zero-order valence-electron chi connectivity index (χ0n) is 17.9. The van der Waals surface area contributed by atoms with Crippen molar-refractivity contribution >= 4 is 11.9 Å². The lowest BCUT2D eigenvalue weighted by Crippen LogP contribution is -2.55. The van der Waals surface area contributed by atoms with Crippen LogP contribution in [-0.2, 0) is 18.4 Å². The van der Waals surface area contributed by atoms with Crippen LogP contribution in [0.4, 0.5) is 0 Å². The van der Waals surface area contributed by atoms with Crippen molar-refractivity contribution in [1.29, 1.82) is 0 Å². The predicted octanol–water partition coefficient (Wildman–Crippen LogP) is 1.22. The summed E-state index contributed by atoms with van der Waals surface area (Å²) in [6.07, 6.45) is 3.29. The Kier molecular flexibility index (Phi) is 6.99. The van der Waals surface area contributed by atoms with Gasteiger partial charge in [0.15, 0.2) is 5.96 Å². The number of aryl methyl sites for hydroxylation is 1. The minimum atomic E-state index is 0.290. The third-order valence-electron chi connectivity index (χ3n) is 5.94. The number of guanidine groups is 1. The van der Waals surface area contributed by atoms with E-state index in [1.807, 2.05) is 7.05 Å². The van der Waals surface area contributed by atoms with E-state index in [0.29, 0.717) is 18.4 Å². The van der Waals surface area contributed by atoms with Crippen molar-refractivity contribution in [2.75, 3.05) is 52.9 Å². The number of piperazine rings is 1. The Morgan fingerprint density at radius 1 is 1.14 bits per heavy atom. The largest absolute Gasteiger partial charge is 0.353 e. The minimum absolute atomic E-state index is 0.290. The topological polar surface area (TPSA) is 56.1 Å². The summed E-state index contributed by atoms with van der Waals surface area (Å²) < 4.78 is 2.12. The number of carbonyl (C=O) groups excluding carboxylic acids is 1. The summed E-state index contributed by atoms with van der Waals surface area (Å²) in [4.78, 5) is 23.8. The third kappa shape index (κ3) is 5.28. The van der Waals surface area contributed by atoms with Crippen LogP contribution in [0.1, 0.15) is 26.0 Å². The molecule has 2 fully saturated rings. The number of hydrogen-bond acceptors (Lipinski definition) is 3. The van der Waals surface area contributed by atoms with Gasteiger partial charge in [-0.2, -0.15) is 0 Å². The maximum Gasteiger partial charge on any atom is 0.236 e. The average molecular weight is 389 g/mol. The Hall–Kier alpha value is -2.02. The van der Waals surface area contributed by atoms with Crippen LogP contribution < -0.4 is 5.32 Å². The molecule has 7 heteroatoms. The highest BCUT2D eigenvalue weighted by Crippen LogP contribution is 2.21. The lowest BCUT2D eigenvalue weighted by Gasteiger charge is -2.39. The Labute approximate surface area is 169 Å². The van der Waals surface area contributed by atoms with Gasteiger partial charge in [-0.1, -0.05) is 13.8 Å². The van der Waals surface area contributed by atoms with Crippen molar-refractivity contribution in [2.45, 2.75) is 26.8 Å². The molecule has 0 aromatic carbocycles.